The standard InChI is InChI=1S/C21H19ClFN3O4/c1-28-17-8-6-12(10-18(17)29-2)20-24-21(30-25-20)16-7-9-19(27)26(16)11-13-14(22)4-3-5-15(13)23/h3-6,8,10,16H,7,9,11H2,1-2H3. The van der Waals surface area contributed by atoms with Gasteiger partial charge in [-0.15, -0.1) is 0 Å². The fraction of sp³-hybridized carbons (Fsp3) is 0.286. The van der Waals surface area contributed by atoms with E-state index in [1.807, 2.05) is 0 Å². The Balaban J connectivity index is 1.61. The number of hydrogen-bond donors (Lipinski definition) is 0. The molecule has 2 heterocycles. The first-order valence-electron chi connectivity index (χ1n) is 9.30. The summed E-state index contributed by atoms with van der Waals surface area (Å²) in [6.45, 7) is 0.0308. The van der Waals surface area contributed by atoms with Gasteiger partial charge in [0.05, 0.1) is 20.8 Å². The number of benzene rings is 2. The summed E-state index contributed by atoms with van der Waals surface area (Å²) in [7, 11) is 3.09. The van der Waals surface area contributed by atoms with Crippen LogP contribution in [-0.2, 0) is 11.3 Å². The number of hydrogen-bond acceptors (Lipinski definition) is 6. The number of amides is 1. The molecule has 1 aliphatic heterocycles. The minimum atomic E-state index is -0.461. The van der Waals surface area contributed by atoms with Crippen LogP contribution in [0, 0.1) is 5.82 Å². The van der Waals surface area contributed by atoms with Gasteiger partial charge in [0.1, 0.15) is 11.9 Å². The Bertz CT molecular complexity index is 1070. The summed E-state index contributed by atoms with van der Waals surface area (Å²) in [6.07, 6.45) is 0.809. The molecule has 4 rings (SSSR count). The number of aromatic nitrogens is 2. The van der Waals surface area contributed by atoms with Crippen molar-refractivity contribution in [3.8, 4) is 22.9 Å². The Morgan fingerprint density at radius 2 is 2.03 bits per heavy atom. The largest absolute Gasteiger partial charge is 0.493 e. The number of methoxy groups -OCH3 is 2. The van der Waals surface area contributed by atoms with Crippen LogP contribution < -0.4 is 9.47 Å². The quantitative estimate of drug-likeness (QED) is 0.575. The van der Waals surface area contributed by atoms with Gasteiger partial charge in [0, 0.05) is 22.6 Å². The normalized spacial score (nSPS) is 16.2. The van der Waals surface area contributed by atoms with Crippen molar-refractivity contribution >= 4 is 17.5 Å². The summed E-state index contributed by atoms with van der Waals surface area (Å²) in [5.74, 6) is 1.18. The van der Waals surface area contributed by atoms with Crippen molar-refractivity contribution in [2.24, 2.45) is 0 Å². The predicted molar refractivity (Wildman–Crippen MR) is 107 cm³/mol. The number of likely N-dealkylation sites (tertiary alicyclic amines) is 1. The molecule has 0 aliphatic carbocycles. The van der Waals surface area contributed by atoms with Gasteiger partial charge in [-0.2, -0.15) is 4.98 Å². The predicted octanol–water partition coefficient (Wildman–Crippen LogP) is 4.41. The van der Waals surface area contributed by atoms with Crippen molar-refractivity contribution in [2.75, 3.05) is 14.2 Å². The molecule has 7 nitrogen and oxygen atoms in total. The number of ether oxygens (including phenoxy) is 2. The van der Waals surface area contributed by atoms with Crippen LogP contribution in [0.3, 0.4) is 0 Å². The minimum Gasteiger partial charge on any atom is -0.493 e. The van der Waals surface area contributed by atoms with Crippen molar-refractivity contribution in [1.82, 2.24) is 15.0 Å². The first kappa shape index (κ1) is 20.2. The lowest BCUT2D eigenvalue weighted by Gasteiger charge is -2.22. The van der Waals surface area contributed by atoms with Crippen LogP contribution in [0.1, 0.15) is 30.3 Å². The smallest absolute Gasteiger partial charge is 0.249 e. The molecule has 0 radical (unpaired) electrons. The van der Waals surface area contributed by atoms with Crippen LogP contribution >= 0.6 is 11.6 Å². The Hall–Kier alpha value is -3.13. The van der Waals surface area contributed by atoms with Crippen molar-refractivity contribution in [3.63, 3.8) is 0 Å². The second-order valence-electron chi connectivity index (χ2n) is 6.80. The first-order valence-corrected chi connectivity index (χ1v) is 9.68. The van der Waals surface area contributed by atoms with Gasteiger partial charge in [-0.1, -0.05) is 22.8 Å². The van der Waals surface area contributed by atoms with Crippen LogP contribution in [0.25, 0.3) is 11.4 Å². The zero-order chi connectivity index (χ0) is 21.3. The molecule has 1 unspecified atom stereocenters. The van der Waals surface area contributed by atoms with Crippen molar-refractivity contribution in [2.45, 2.75) is 25.4 Å². The molecule has 1 amide bonds. The molecular formula is C21H19ClFN3O4. The van der Waals surface area contributed by atoms with E-state index in [4.69, 9.17) is 25.6 Å². The summed E-state index contributed by atoms with van der Waals surface area (Å²) in [5.41, 5.74) is 0.940. The summed E-state index contributed by atoms with van der Waals surface area (Å²) in [5, 5.41) is 4.31. The molecule has 0 N–H and O–H groups in total. The highest BCUT2D eigenvalue weighted by atomic mass is 35.5. The molecule has 1 aromatic heterocycles. The molecule has 1 atom stereocenters. The summed E-state index contributed by atoms with van der Waals surface area (Å²) >= 11 is 6.14. The third kappa shape index (κ3) is 3.70. The van der Waals surface area contributed by atoms with Gasteiger partial charge < -0.3 is 18.9 Å². The maximum absolute atomic E-state index is 14.2. The third-order valence-corrected chi connectivity index (χ3v) is 5.44. The molecule has 0 spiro atoms. The van der Waals surface area contributed by atoms with E-state index in [1.165, 1.54) is 17.0 Å². The molecule has 9 heteroatoms. The molecule has 0 saturated carbocycles. The maximum Gasteiger partial charge on any atom is 0.249 e. The molecule has 1 saturated heterocycles. The monoisotopic (exact) mass is 431 g/mol. The van der Waals surface area contributed by atoms with Crippen LogP contribution in [0.15, 0.2) is 40.9 Å². The number of halogens is 2. The third-order valence-electron chi connectivity index (χ3n) is 5.09. The van der Waals surface area contributed by atoms with Gasteiger partial charge in [-0.25, -0.2) is 4.39 Å². The van der Waals surface area contributed by atoms with Crippen molar-refractivity contribution in [3.05, 3.63) is 58.7 Å². The second-order valence-corrected chi connectivity index (χ2v) is 7.21. The SMILES string of the molecule is COc1ccc(-c2noc(C3CCC(=O)N3Cc3c(F)cccc3Cl)n2)cc1OC. The topological polar surface area (TPSA) is 77.7 Å². The van der Waals surface area contributed by atoms with Crippen LogP contribution in [0.2, 0.25) is 5.02 Å². The van der Waals surface area contributed by atoms with Gasteiger partial charge in [0.15, 0.2) is 11.5 Å². The molecule has 1 aliphatic rings. The zero-order valence-electron chi connectivity index (χ0n) is 16.4. The lowest BCUT2D eigenvalue weighted by Crippen LogP contribution is -2.28. The van der Waals surface area contributed by atoms with Crippen LogP contribution in [0.5, 0.6) is 11.5 Å². The molecule has 156 valence electrons. The molecule has 3 aromatic rings. The van der Waals surface area contributed by atoms with Gasteiger partial charge in [0.25, 0.3) is 0 Å². The number of carbonyl (C=O) groups is 1. The average Bonchev–Trinajstić information content (AvgIpc) is 3.37. The Labute approximate surface area is 177 Å². The fourth-order valence-corrected chi connectivity index (χ4v) is 3.73. The van der Waals surface area contributed by atoms with E-state index in [-0.39, 0.29) is 28.9 Å². The minimum absolute atomic E-state index is 0.0308. The van der Waals surface area contributed by atoms with Gasteiger partial charge in [-0.05, 0) is 36.8 Å². The summed E-state index contributed by atoms with van der Waals surface area (Å²) < 4.78 is 30.2. The highest BCUT2D eigenvalue weighted by Gasteiger charge is 2.36. The van der Waals surface area contributed by atoms with Crippen LogP contribution in [-0.4, -0.2) is 35.2 Å². The van der Waals surface area contributed by atoms with E-state index < -0.39 is 11.9 Å². The molecule has 2 aromatic carbocycles. The molecule has 30 heavy (non-hydrogen) atoms. The Kier molecular flexibility index (Phi) is 5.59. The summed E-state index contributed by atoms with van der Waals surface area (Å²) in [6, 6.07) is 9.26. The lowest BCUT2D eigenvalue weighted by atomic mass is 10.1. The van der Waals surface area contributed by atoms with Crippen LogP contribution in [0.4, 0.5) is 4.39 Å². The maximum atomic E-state index is 14.2. The van der Waals surface area contributed by atoms with Crippen molar-refractivity contribution in [1.29, 1.82) is 0 Å². The molecule has 1 fully saturated rings. The van der Waals surface area contributed by atoms with E-state index in [0.717, 1.165) is 0 Å². The second kappa shape index (κ2) is 8.31. The fourth-order valence-electron chi connectivity index (χ4n) is 3.51. The van der Waals surface area contributed by atoms with E-state index in [1.54, 1.807) is 38.5 Å². The van der Waals surface area contributed by atoms with Gasteiger partial charge in [-0.3, -0.25) is 4.79 Å². The van der Waals surface area contributed by atoms with Crippen molar-refractivity contribution < 1.29 is 23.2 Å². The van der Waals surface area contributed by atoms with Gasteiger partial charge in [0.2, 0.25) is 17.6 Å². The van der Waals surface area contributed by atoms with E-state index in [2.05, 4.69) is 10.1 Å². The molecule has 0 bridgehead atoms. The van der Waals surface area contributed by atoms with E-state index >= 15 is 0 Å². The Morgan fingerprint density at radius 1 is 1.23 bits per heavy atom. The average molecular weight is 432 g/mol. The first-order chi connectivity index (χ1) is 14.5. The van der Waals surface area contributed by atoms with Gasteiger partial charge >= 0.3 is 0 Å². The zero-order valence-corrected chi connectivity index (χ0v) is 17.1. The van der Waals surface area contributed by atoms with E-state index in [9.17, 15) is 9.18 Å². The Morgan fingerprint density at radius 3 is 2.77 bits per heavy atom. The number of carbonyl (C=O) groups excluding carboxylic acids is 1. The van der Waals surface area contributed by atoms with E-state index in [0.29, 0.717) is 35.7 Å². The molecular weight excluding hydrogens is 413 g/mol. The highest BCUT2D eigenvalue weighted by molar-refractivity contribution is 6.31. The number of rotatable bonds is 6. The highest BCUT2D eigenvalue weighted by Crippen LogP contribution is 2.36. The number of nitrogens with zero attached hydrogens (tertiary/aromatic N) is 3. The summed E-state index contributed by atoms with van der Waals surface area (Å²) in [4.78, 5) is 18.4. The lowest BCUT2D eigenvalue weighted by molar-refractivity contribution is -0.130.